The van der Waals surface area contributed by atoms with Crippen molar-refractivity contribution in [3.63, 3.8) is 0 Å². The molecule has 0 amide bonds. The molecular formula is C19H20F2N2O2. The number of piperazine rings is 1. The molecule has 2 aliphatic heterocycles. The lowest BCUT2D eigenvalue weighted by molar-refractivity contribution is 0.121. The van der Waals surface area contributed by atoms with Crippen LogP contribution in [0.3, 0.4) is 0 Å². The first-order chi connectivity index (χ1) is 12.2. The van der Waals surface area contributed by atoms with Crippen molar-refractivity contribution in [1.82, 2.24) is 9.80 Å². The lowest BCUT2D eigenvalue weighted by atomic mass is 10.1. The molecule has 0 aromatic heterocycles. The number of hydrogen-bond acceptors (Lipinski definition) is 4. The van der Waals surface area contributed by atoms with E-state index in [1.54, 1.807) is 0 Å². The quantitative estimate of drug-likeness (QED) is 0.850. The third-order valence-corrected chi connectivity index (χ3v) is 4.72. The van der Waals surface area contributed by atoms with Crippen molar-refractivity contribution in [3.8, 4) is 11.5 Å². The number of ether oxygens (including phenoxy) is 2. The van der Waals surface area contributed by atoms with Gasteiger partial charge in [-0.15, -0.1) is 0 Å². The van der Waals surface area contributed by atoms with Gasteiger partial charge in [-0.25, -0.2) is 8.78 Å². The zero-order chi connectivity index (χ0) is 17.2. The molecule has 0 radical (unpaired) electrons. The Morgan fingerprint density at radius 3 is 2.28 bits per heavy atom. The van der Waals surface area contributed by atoms with Crippen molar-refractivity contribution < 1.29 is 18.3 Å². The van der Waals surface area contributed by atoms with E-state index in [9.17, 15) is 8.78 Å². The lowest BCUT2D eigenvalue weighted by Crippen LogP contribution is -2.45. The fraction of sp³-hybridized carbons (Fsp3) is 0.368. The van der Waals surface area contributed by atoms with Crippen LogP contribution in [0.2, 0.25) is 0 Å². The monoisotopic (exact) mass is 346 g/mol. The number of rotatable bonds is 4. The van der Waals surface area contributed by atoms with E-state index < -0.39 is 11.6 Å². The van der Waals surface area contributed by atoms with E-state index in [0.29, 0.717) is 12.1 Å². The molecular weight excluding hydrogens is 326 g/mol. The topological polar surface area (TPSA) is 24.9 Å². The number of nitrogens with zero attached hydrogens (tertiary/aromatic N) is 2. The van der Waals surface area contributed by atoms with Crippen LogP contribution in [0.25, 0.3) is 0 Å². The molecule has 0 atom stereocenters. The second kappa shape index (κ2) is 6.98. The van der Waals surface area contributed by atoms with Gasteiger partial charge in [0, 0.05) is 50.9 Å². The van der Waals surface area contributed by atoms with Crippen molar-refractivity contribution in [3.05, 3.63) is 59.2 Å². The Morgan fingerprint density at radius 1 is 0.800 bits per heavy atom. The fourth-order valence-electron chi connectivity index (χ4n) is 3.29. The summed E-state index contributed by atoms with van der Waals surface area (Å²) < 4.78 is 37.5. The first kappa shape index (κ1) is 16.3. The van der Waals surface area contributed by atoms with Crippen molar-refractivity contribution in [2.24, 2.45) is 0 Å². The van der Waals surface area contributed by atoms with Crippen LogP contribution in [-0.4, -0.2) is 42.8 Å². The highest BCUT2D eigenvalue weighted by molar-refractivity contribution is 5.44. The maximum atomic E-state index is 13.8. The Bertz CT molecular complexity index is 761. The van der Waals surface area contributed by atoms with Gasteiger partial charge in [0.15, 0.2) is 11.5 Å². The summed E-state index contributed by atoms with van der Waals surface area (Å²) in [6, 6.07) is 9.84. The Labute approximate surface area is 145 Å². The maximum Gasteiger partial charge on any atom is 0.231 e. The second-order valence-corrected chi connectivity index (χ2v) is 6.48. The highest BCUT2D eigenvalue weighted by atomic mass is 19.1. The average molecular weight is 346 g/mol. The minimum atomic E-state index is -0.533. The fourth-order valence-corrected chi connectivity index (χ4v) is 3.29. The van der Waals surface area contributed by atoms with Crippen molar-refractivity contribution in [2.45, 2.75) is 13.1 Å². The van der Waals surface area contributed by atoms with E-state index >= 15 is 0 Å². The third kappa shape index (κ3) is 3.75. The van der Waals surface area contributed by atoms with Gasteiger partial charge in [0.05, 0.1) is 0 Å². The van der Waals surface area contributed by atoms with Gasteiger partial charge in [-0.2, -0.15) is 0 Å². The first-order valence-electron chi connectivity index (χ1n) is 8.44. The molecule has 25 heavy (non-hydrogen) atoms. The largest absolute Gasteiger partial charge is 0.454 e. The van der Waals surface area contributed by atoms with E-state index in [1.807, 2.05) is 12.1 Å². The Morgan fingerprint density at radius 2 is 1.52 bits per heavy atom. The van der Waals surface area contributed by atoms with E-state index in [2.05, 4.69) is 15.9 Å². The van der Waals surface area contributed by atoms with Gasteiger partial charge in [0.2, 0.25) is 6.79 Å². The van der Waals surface area contributed by atoms with E-state index in [-0.39, 0.29) is 6.79 Å². The van der Waals surface area contributed by atoms with E-state index in [1.165, 1.54) is 17.7 Å². The molecule has 1 fully saturated rings. The summed E-state index contributed by atoms with van der Waals surface area (Å²) in [6.45, 7) is 5.22. The molecule has 0 aliphatic carbocycles. The molecule has 4 nitrogen and oxygen atoms in total. The molecule has 4 rings (SSSR count). The lowest BCUT2D eigenvalue weighted by Gasteiger charge is -2.34. The van der Waals surface area contributed by atoms with Crippen molar-refractivity contribution in [2.75, 3.05) is 33.0 Å². The molecule has 0 N–H and O–H groups in total. The summed E-state index contributed by atoms with van der Waals surface area (Å²) in [5.41, 5.74) is 1.74. The molecule has 2 aromatic rings. The van der Waals surface area contributed by atoms with Gasteiger partial charge >= 0.3 is 0 Å². The zero-order valence-electron chi connectivity index (χ0n) is 13.9. The summed E-state index contributed by atoms with van der Waals surface area (Å²) in [7, 11) is 0. The van der Waals surface area contributed by atoms with Crippen LogP contribution in [0.5, 0.6) is 11.5 Å². The normalized spacial score (nSPS) is 17.8. The van der Waals surface area contributed by atoms with Gasteiger partial charge in [0.1, 0.15) is 11.6 Å². The molecule has 6 heteroatoms. The summed E-state index contributed by atoms with van der Waals surface area (Å²) in [5, 5.41) is 0. The standard InChI is InChI=1S/C19H20F2N2O2/c20-16-3-2-15(17(21)10-16)12-23-7-5-22(6-8-23)11-14-1-4-18-19(9-14)25-13-24-18/h1-4,9-10H,5-8,11-13H2. The van der Waals surface area contributed by atoms with Gasteiger partial charge in [0.25, 0.3) is 0 Å². The molecule has 2 aromatic carbocycles. The molecule has 2 aliphatic rings. The summed E-state index contributed by atoms with van der Waals surface area (Å²) >= 11 is 0. The predicted molar refractivity (Wildman–Crippen MR) is 89.5 cm³/mol. The minimum absolute atomic E-state index is 0.289. The number of benzene rings is 2. The van der Waals surface area contributed by atoms with Crippen LogP contribution in [-0.2, 0) is 13.1 Å². The summed E-state index contributed by atoms with van der Waals surface area (Å²) in [5.74, 6) is 0.607. The molecule has 0 unspecified atom stereocenters. The van der Waals surface area contributed by atoms with Gasteiger partial charge in [-0.05, 0) is 23.8 Å². The summed E-state index contributed by atoms with van der Waals surface area (Å²) in [6.07, 6.45) is 0. The number of hydrogen-bond donors (Lipinski definition) is 0. The van der Waals surface area contributed by atoms with Crippen molar-refractivity contribution >= 4 is 0 Å². The van der Waals surface area contributed by atoms with Crippen LogP contribution in [0.15, 0.2) is 36.4 Å². The number of fused-ring (bicyclic) bond motifs is 1. The third-order valence-electron chi connectivity index (χ3n) is 4.72. The Balaban J connectivity index is 1.31. The zero-order valence-corrected chi connectivity index (χ0v) is 13.9. The molecule has 0 spiro atoms. The van der Waals surface area contributed by atoms with Crippen molar-refractivity contribution in [1.29, 1.82) is 0 Å². The SMILES string of the molecule is Fc1ccc(CN2CCN(Cc3ccc4c(c3)OCO4)CC2)c(F)c1. The predicted octanol–water partition coefficient (Wildman–Crippen LogP) is 3.01. The van der Waals surface area contributed by atoms with Gasteiger partial charge in [-0.1, -0.05) is 12.1 Å². The van der Waals surface area contributed by atoms with E-state index in [0.717, 1.165) is 50.3 Å². The van der Waals surface area contributed by atoms with Crippen LogP contribution >= 0.6 is 0 Å². The molecule has 2 heterocycles. The molecule has 1 saturated heterocycles. The summed E-state index contributed by atoms with van der Waals surface area (Å²) in [4.78, 5) is 4.57. The Kier molecular flexibility index (Phi) is 4.55. The molecule has 0 saturated carbocycles. The van der Waals surface area contributed by atoms with Crippen LogP contribution in [0, 0.1) is 11.6 Å². The number of halogens is 2. The Hall–Kier alpha value is -2.18. The first-order valence-corrected chi connectivity index (χ1v) is 8.44. The molecule has 132 valence electrons. The van der Waals surface area contributed by atoms with Crippen LogP contribution < -0.4 is 9.47 Å². The van der Waals surface area contributed by atoms with Gasteiger partial charge in [-0.3, -0.25) is 9.80 Å². The molecule has 0 bridgehead atoms. The maximum absolute atomic E-state index is 13.8. The highest BCUT2D eigenvalue weighted by Crippen LogP contribution is 2.32. The average Bonchev–Trinajstić information content (AvgIpc) is 3.07. The smallest absolute Gasteiger partial charge is 0.231 e. The minimum Gasteiger partial charge on any atom is -0.454 e. The second-order valence-electron chi connectivity index (χ2n) is 6.48. The van der Waals surface area contributed by atoms with Crippen LogP contribution in [0.4, 0.5) is 8.78 Å². The van der Waals surface area contributed by atoms with Gasteiger partial charge < -0.3 is 9.47 Å². The highest BCUT2D eigenvalue weighted by Gasteiger charge is 2.20. The van der Waals surface area contributed by atoms with E-state index in [4.69, 9.17) is 9.47 Å². The van der Waals surface area contributed by atoms with Crippen LogP contribution in [0.1, 0.15) is 11.1 Å².